The normalized spacial score (nSPS) is 11.6. The number of carbonyl (C=O) groups is 8. The summed E-state index contributed by atoms with van der Waals surface area (Å²) in [5.41, 5.74) is 1.23. The molecule has 0 amide bonds. The van der Waals surface area contributed by atoms with E-state index in [9.17, 15) is 38.4 Å². The molecule has 0 unspecified atom stereocenters. The fourth-order valence-electron chi connectivity index (χ4n) is 3.15. The van der Waals surface area contributed by atoms with Gasteiger partial charge < -0.3 is 19.2 Å². The quantitative estimate of drug-likeness (QED) is 0.0920. The Labute approximate surface area is 292 Å². The van der Waals surface area contributed by atoms with Crippen LogP contribution in [0, 0.1) is 0 Å². The van der Waals surface area contributed by atoms with Crippen molar-refractivity contribution < 1.29 is 39.8 Å². The second-order valence-electron chi connectivity index (χ2n) is 11.5. The molecular weight excluding hydrogens is 608 g/mol. The lowest BCUT2D eigenvalue weighted by Gasteiger charge is -1.93. The number of allylic oxidation sites excluding steroid dienone is 8. The van der Waals surface area contributed by atoms with Gasteiger partial charge in [-0.05, 0) is 84.1 Å². The predicted molar refractivity (Wildman–Crippen MR) is 198 cm³/mol. The van der Waals surface area contributed by atoms with Crippen LogP contribution in [0.4, 0.5) is 0 Å². The standard InChI is InChI=1S/C14H22O2.C10H16O2.C6H10O2.C6H8O.C4H8O.H2/c1-3-5-7-9-13(15)11-12-14(16)10-8-6-4-2;1-3-4-5-6-10(12)8-7-9(2)11;1-5(7)3-4-6(2)8;1-5-2-3-6(7)4-5;1-2-3-4-5;/h7-10H,3-6,11-12H2,1-2H3;5-6H,3-4,7-8H2,1-2H3;3-4H2,1-2H3;4H,2-3H2,1H3;4H,2-3H2,1H3;1H/b9-7+,10-8+;6-5+;;;;. The number of hydrogen-bond acceptors (Lipinski definition) is 8. The largest absolute Gasteiger partial charge is 0.303 e. The molecule has 1 rings (SSSR count). The monoisotopic (exact) mass is 674 g/mol. The number of aldehydes is 1. The van der Waals surface area contributed by atoms with Gasteiger partial charge in [0.2, 0.25) is 0 Å². The predicted octanol–water partition coefficient (Wildman–Crippen LogP) is 9.37. The van der Waals surface area contributed by atoms with E-state index in [1.54, 1.807) is 24.3 Å². The molecule has 0 saturated heterocycles. The summed E-state index contributed by atoms with van der Waals surface area (Å²) in [6.07, 6.45) is 24.5. The van der Waals surface area contributed by atoms with Gasteiger partial charge >= 0.3 is 0 Å². The van der Waals surface area contributed by atoms with E-state index in [4.69, 9.17) is 0 Å². The third-order valence-corrected chi connectivity index (χ3v) is 6.03. The van der Waals surface area contributed by atoms with Crippen molar-refractivity contribution in [2.75, 3.05) is 0 Å². The molecule has 8 nitrogen and oxygen atoms in total. The van der Waals surface area contributed by atoms with Crippen LogP contribution in [0.2, 0.25) is 0 Å². The Kier molecular flexibility index (Phi) is 42.1. The van der Waals surface area contributed by atoms with Crippen LogP contribution in [-0.2, 0) is 38.4 Å². The van der Waals surface area contributed by atoms with Gasteiger partial charge in [-0.25, -0.2) is 0 Å². The Balaban J connectivity index is -0.000000173. The summed E-state index contributed by atoms with van der Waals surface area (Å²) in [6.45, 7) is 14.6. The van der Waals surface area contributed by atoms with Crippen LogP contribution in [-0.4, -0.2) is 46.8 Å². The molecule has 274 valence electrons. The van der Waals surface area contributed by atoms with Crippen LogP contribution in [0.25, 0.3) is 0 Å². The summed E-state index contributed by atoms with van der Waals surface area (Å²) in [5.74, 6) is 0.681. The SMILES string of the molecule is CC(=O)CCC(C)=O.CC1=CC(=O)CC1.CCC/C=C/C(=O)CCC(=O)/C=C/CCC.CCC/C=C/C(=O)CCC(C)=O.CCCC=O.[HH]. The maximum absolute atomic E-state index is 11.3. The van der Waals surface area contributed by atoms with Gasteiger partial charge in [-0.1, -0.05) is 70.8 Å². The smallest absolute Gasteiger partial charge is 0.155 e. The Bertz CT molecular complexity index is 1020. The highest BCUT2D eigenvalue weighted by atomic mass is 16.2. The molecule has 48 heavy (non-hydrogen) atoms. The number of Topliss-reactive ketones (excluding diaryl/α,β-unsaturated/α-hetero) is 3. The van der Waals surface area contributed by atoms with Crippen molar-refractivity contribution in [1.29, 1.82) is 0 Å². The molecule has 0 saturated carbocycles. The molecule has 0 spiro atoms. The number of hydrogen-bond donors (Lipinski definition) is 0. The lowest BCUT2D eigenvalue weighted by Crippen LogP contribution is -1.99. The second kappa shape index (κ2) is 39.5. The molecule has 0 aromatic heterocycles. The van der Waals surface area contributed by atoms with E-state index in [0.29, 0.717) is 44.9 Å². The summed E-state index contributed by atoms with van der Waals surface area (Å²) >= 11 is 0. The Morgan fingerprint density at radius 3 is 1.06 bits per heavy atom. The topological polar surface area (TPSA) is 137 Å². The van der Waals surface area contributed by atoms with Crippen molar-refractivity contribution in [3.63, 3.8) is 0 Å². The molecule has 1 aliphatic rings. The molecule has 0 bridgehead atoms. The highest BCUT2D eigenvalue weighted by Gasteiger charge is 2.06. The summed E-state index contributed by atoms with van der Waals surface area (Å²) in [4.78, 5) is 84.2. The van der Waals surface area contributed by atoms with Crippen molar-refractivity contribution in [3.05, 3.63) is 48.1 Å². The number of rotatable bonds is 20. The maximum atomic E-state index is 11.3. The Hall–Kier alpha value is -3.68. The molecule has 8 heteroatoms. The van der Waals surface area contributed by atoms with E-state index in [0.717, 1.165) is 64.1 Å². The molecule has 0 aromatic rings. The highest BCUT2D eigenvalue weighted by Crippen LogP contribution is 2.12. The van der Waals surface area contributed by atoms with Crippen LogP contribution in [0.5, 0.6) is 0 Å². The average molecular weight is 675 g/mol. The lowest BCUT2D eigenvalue weighted by atomic mass is 10.1. The number of unbranched alkanes of at least 4 members (excludes halogenated alkanes) is 4. The van der Waals surface area contributed by atoms with Crippen molar-refractivity contribution in [2.24, 2.45) is 0 Å². The third-order valence-electron chi connectivity index (χ3n) is 6.03. The minimum absolute atomic E-state index is 0. The van der Waals surface area contributed by atoms with Crippen LogP contribution < -0.4 is 0 Å². The number of carbonyl (C=O) groups excluding carboxylic acids is 8. The molecule has 0 radical (unpaired) electrons. The fraction of sp³-hybridized carbons (Fsp3) is 0.600. The van der Waals surface area contributed by atoms with Crippen LogP contribution in [0.15, 0.2) is 48.1 Å². The minimum atomic E-state index is 0. The minimum Gasteiger partial charge on any atom is -0.303 e. The molecule has 0 N–H and O–H groups in total. The zero-order valence-corrected chi connectivity index (χ0v) is 31.2. The fourth-order valence-corrected chi connectivity index (χ4v) is 3.15. The molecule has 0 fully saturated rings. The summed E-state index contributed by atoms with van der Waals surface area (Å²) in [7, 11) is 0. The van der Waals surface area contributed by atoms with Gasteiger partial charge in [-0.2, -0.15) is 0 Å². The van der Waals surface area contributed by atoms with E-state index < -0.39 is 0 Å². The molecule has 1 aliphatic carbocycles. The molecular formula is C40H66O8. The molecule has 0 aromatic carbocycles. The van der Waals surface area contributed by atoms with Gasteiger partial charge in [0.15, 0.2) is 23.1 Å². The van der Waals surface area contributed by atoms with Crippen LogP contribution >= 0.6 is 0 Å². The maximum Gasteiger partial charge on any atom is 0.155 e. The Morgan fingerprint density at radius 1 is 0.562 bits per heavy atom. The van der Waals surface area contributed by atoms with Crippen molar-refractivity contribution in [2.45, 2.75) is 158 Å². The zero-order chi connectivity index (χ0) is 37.6. The van der Waals surface area contributed by atoms with E-state index >= 15 is 0 Å². The second-order valence-corrected chi connectivity index (χ2v) is 11.5. The highest BCUT2D eigenvalue weighted by molar-refractivity contribution is 5.96. The zero-order valence-electron chi connectivity index (χ0n) is 31.2. The molecule has 0 heterocycles. The Morgan fingerprint density at radius 2 is 0.875 bits per heavy atom. The average Bonchev–Trinajstić information content (AvgIpc) is 3.42. The van der Waals surface area contributed by atoms with Gasteiger partial charge in [0.05, 0.1) is 0 Å². The van der Waals surface area contributed by atoms with E-state index in [2.05, 4.69) is 20.8 Å². The summed E-state index contributed by atoms with van der Waals surface area (Å²) < 4.78 is 0. The first kappa shape index (κ1) is 51.2. The van der Waals surface area contributed by atoms with Crippen molar-refractivity contribution in [1.82, 2.24) is 0 Å². The first-order valence-corrected chi connectivity index (χ1v) is 17.4. The first-order valence-electron chi connectivity index (χ1n) is 17.4. The van der Waals surface area contributed by atoms with Gasteiger partial charge in [-0.3, -0.25) is 19.2 Å². The summed E-state index contributed by atoms with van der Waals surface area (Å²) in [6, 6.07) is 0. The van der Waals surface area contributed by atoms with E-state index in [1.165, 1.54) is 26.3 Å². The summed E-state index contributed by atoms with van der Waals surface area (Å²) in [5, 5.41) is 0. The van der Waals surface area contributed by atoms with Gasteiger partial charge in [-0.15, -0.1) is 0 Å². The lowest BCUT2D eigenvalue weighted by molar-refractivity contribution is -0.122. The van der Waals surface area contributed by atoms with Gasteiger partial charge in [0.25, 0.3) is 0 Å². The van der Waals surface area contributed by atoms with E-state index in [1.807, 2.05) is 32.1 Å². The first-order chi connectivity index (χ1) is 22.7. The van der Waals surface area contributed by atoms with Crippen molar-refractivity contribution in [3.8, 4) is 0 Å². The molecule has 0 atom stereocenters. The van der Waals surface area contributed by atoms with Crippen molar-refractivity contribution >= 4 is 46.8 Å². The third kappa shape index (κ3) is 51.9. The van der Waals surface area contributed by atoms with Crippen LogP contribution in [0.1, 0.15) is 160 Å². The molecule has 0 aliphatic heterocycles. The number of ketones is 7. The van der Waals surface area contributed by atoms with Gasteiger partial charge in [0, 0.05) is 52.8 Å². The van der Waals surface area contributed by atoms with Gasteiger partial charge in [0.1, 0.15) is 23.6 Å². The van der Waals surface area contributed by atoms with Crippen LogP contribution in [0.3, 0.4) is 0 Å². The van der Waals surface area contributed by atoms with E-state index in [-0.39, 0.29) is 41.9 Å².